The van der Waals surface area contributed by atoms with Crippen LogP contribution in [0.5, 0.6) is 0 Å². The molecular weight excluding hydrogens is 241 g/mol. The van der Waals surface area contributed by atoms with Crippen molar-refractivity contribution >= 4 is 5.84 Å². The maximum atomic E-state index is 13.6. The Bertz CT molecular complexity index is 422. The van der Waals surface area contributed by atoms with E-state index in [1.54, 1.807) is 0 Å². The predicted octanol–water partition coefficient (Wildman–Crippen LogP) is -0.637. The second-order valence-corrected chi connectivity index (χ2v) is 3.73. The van der Waals surface area contributed by atoms with E-state index in [-0.39, 0.29) is 31.2 Å². The Kier molecular flexibility index (Phi) is 5.50. The molecule has 0 aliphatic rings. The van der Waals surface area contributed by atoms with E-state index in [9.17, 15) is 4.39 Å². The van der Waals surface area contributed by atoms with Gasteiger partial charge in [0, 0.05) is 17.7 Å². The van der Waals surface area contributed by atoms with Crippen LogP contribution in [0.2, 0.25) is 0 Å². The van der Waals surface area contributed by atoms with Gasteiger partial charge < -0.3 is 26.5 Å². The average Bonchev–Trinajstić information content (AvgIpc) is 2.40. The fraction of sp³-hybridized carbons (Fsp3) is 0.364. The van der Waals surface area contributed by atoms with Gasteiger partial charge in [0.15, 0.2) is 5.84 Å². The highest BCUT2D eigenvalue weighted by Crippen LogP contribution is 2.10. The minimum absolute atomic E-state index is 0.161. The van der Waals surface area contributed by atoms with Gasteiger partial charge in [-0.1, -0.05) is 17.3 Å². The molecular formula is C11H16FN3O3. The lowest BCUT2D eigenvalue weighted by molar-refractivity contribution is 0.170. The highest BCUT2D eigenvalue weighted by molar-refractivity contribution is 5.97. The highest BCUT2D eigenvalue weighted by Gasteiger charge is 2.09. The molecule has 100 valence electrons. The molecule has 6 N–H and O–H groups in total. The van der Waals surface area contributed by atoms with Gasteiger partial charge in [-0.25, -0.2) is 4.39 Å². The average molecular weight is 257 g/mol. The van der Waals surface area contributed by atoms with E-state index in [1.165, 1.54) is 12.1 Å². The largest absolute Gasteiger partial charge is 0.409 e. The van der Waals surface area contributed by atoms with Crippen molar-refractivity contribution in [2.75, 3.05) is 13.2 Å². The summed E-state index contributed by atoms with van der Waals surface area (Å²) in [6, 6.07) is 3.66. The maximum absolute atomic E-state index is 13.6. The molecule has 0 amide bonds. The van der Waals surface area contributed by atoms with Gasteiger partial charge in [0.1, 0.15) is 5.82 Å². The topological polar surface area (TPSA) is 111 Å². The first-order valence-electron chi connectivity index (χ1n) is 5.33. The molecule has 1 aromatic rings. The van der Waals surface area contributed by atoms with Gasteiger partial charge in [-0.05, 0) is 6.07 Å². The number of benzene rings is 1. The molecule has 0 heterocycles. The predicted molar refractivity (Wildman–Crippen MR) is 63.7 cm³/mol. The molecule has 0 bridgehead atoms. The van der Waals surface area contributed by atoms with E-state index in [2.05, 4.69) is 10.5 Å². The Morgan fingerprint density at radius 1 is 1.39 bits per heavy atom. The summed E-state index contributed by atoms with van der Waals surface area (Å²) in [5.41, 5.74) is 5.97. The number of oxime groups is 1. The summed E-state index contributed by atoms with van der Waals surface area (Å²) >= 11 is 0. The molecule has 1 aromatic carbocycles. The number of halogens is 1. The Morgan fingerprint density at radius 3 is 2.56 bits per heavy atom. The Morgan fingerprint density at radius 2 is 2.06 bits per heavy atom. The molecule has 0 atom stereocenters. The molecule has 0 aliphatic carbocycles. The van der Waals surface area contributed by atoms with Gasteiger partial charge in [0.05, 0.1) is 19.3 Å². The van der Waals surface area contributed by atoms with Crippen molar-refractivity contribution in [3.8, 4) is 0 Å². The van der Waals surface area contributed by atoms with Gasteiger partial charge in [-0.3, -0.25) is 0 Å². The van der Waals surface area contributed by atoms with Crippen molar-refractivity contribution in [2.45, 2.75) is 12.6 Å². The van der Waals surface area contributed by atoms with Gasteiger partial charge in [0.25, 0.3) is 0 Å². The quantitative estimate of drug-likeness (QED) is 0.201. The molecule has 1 rings (SSSR count). The second kappa shape index (κ2) is 6.90. The van der Waals surface area contributed by atoms with Crippen LogP contribution in [0.3, 0.4) is 0 Å². The third-order valence-electron chi connectivity index (χ3n) is 2.48. The molecule has 0 aromatic heterocycles. The number of aliphatic hydroxyl groups excluding tert-OH is 2. The third-order valence-corrected chi connectivity index (χ3v) is 2.48. The van der Waals surface area contributed by atoms with E-state index in [0.29, 0.717) is 5.56 Å². The Labute approximate surface area is 104 Å². The number of hydrogen-bond acceptors (Lipinski definition) is 5. The van der Waals surface area contributed by atoms with Crippen molar-refractivity contribution in [3.63, 3.8) is 0 Å². The molecule has 0 unspecified atom stereocenters. The van der Waals surface area contributed by atoms with Crippen LogP contribution in [0, 0.1) is 5.82 Å². The van der Waals surface area contributed by atoms with Gasteiger partial charge >= 0.3 is 0 Å². The molecule has 18 heavy (non-hydrogen) atoms. The zero-order chi connectivity index (χ0) is 13.5. The number of nitrogens with two attached hydrogens (primary N) is 1. The van der Waals surface area contributed by atoms with Crippen LogP contribution in [0.25, 0.3) is 0 Å². The number of amidine groups is 1. The van der Waals surface area contributed by atoms with E-state index in [1.807, 2.05) is 0 Å². The SMILES string of the molecule is NC(=NO)c1ccc(CNC(CO)CO)c(F)c1. The van der Waals surface area contributed by atoms with Gasteiger partial charge in [-0.15, -0.1) is 0 Å². The number of nitrogens with one attached hydrogen (secondary N) is 1. The maximum Gasteiger partial charge on any atom is 0.170 e. The van der Waals surface area contributed by atoms with Crippen molar-refractivity contribution in [3.05, 3.63) is 35.1 Å². The lowest BCUT2D eigenvalue weighted by atomic mass is 10.1. The molecule has 0 aliphatic heterocycles. The first-order valence-corrected chi connectivity index (χ1v) is 5.33. The fourth-order valence-corrected chi connectivity index (χ4v) is 1.35. The summed E-state index contributed by atoms with van der Waals surface area (Å²) in [5, 5.41) is 31.7. The van der Waals surface area contributed by atoms with Gasteiger partial charge in [-0.2, -0.15) is 0 Å². The number of rotatable bonds is 6. The zero-order valence-corrected chi connectivity index (χ0v) is 9.67. The van der Waals surface area contributed by atoms with E-state index < -0.39 is 11.9 Å². The summed E-state index contributed by atoms with van der Waals surface area (Å²) in [5.74, 6) is -0.682. The minimum atomic E-state index is -0.513. The molecule has 6 nitrogen and oxygen atoms in total. The Balaban J connectivity index is 2.74. The molecule has 0 fully saturated rings. The van der Waals surface area contributed by atoms with Gasteiger partial charge in [0.2, 0.25) is 0 Å². The molecule has 7 heteroatoms. The highest BCUT2D eigenvalue weighted by atomic mass is 19.1. The lowest BCUT2D eigenvalue weighted by Gasteiger charge is -2.13. The minimum Gasteiger partial charge on any atom is -0.409 e. The van der Waals surface area contributed by atoms with Crippen molar-refractivity contribution in [1.29, 1.82) is 0 Å². The number of hydrogen-bond donors (Lipinski definition) is 5. The second-order valence-electron chi connectivity index (χ2n) is 3.73. The summed E-state index contributed by atoms with van der Waals surface area (Å²) in [4.78, 5) is 0. The fourth-order valence-electron chi connectivity index (χ4n) is 1.35. The standard InChI is InChI=1S/C11H16FN3O3/c12-10-3-7(11(13)15-18)1-2-8(10)4-14-9(5-16)6-17/h1-3,9,14,16-18H,4-6H2,(H2,13,15). The molecule has 0 radical (unpaired) electrons. The van der Waals surface area contributed by atoms with Crippen LogP contribution in [0.15, 0.2) is 23.4 Å². The summed E-state index contributed by atoms with van der Waals surface area (Å²) in [6.45, 7) is -0.311. The summed E-state index contributed by atoms with van der Waals surface area (Å²) in [7, 11) is 0. The first kappa shape index (κ1) is 14.4. The van der Waals surface area contributed by atoms with Crippen molar-refractivity contribution < 1.29 is 19.8 Å². The lowest BCUT2D eigenvalue weighted by Crippen LogP contribution is -2.35. The Hall–Kier alpha value is -1.70. The molecule has 0 saturated carbocycles. The van der Waals surface area contributed by atoms with Crippen LogP contribution < -0.4 is 11.1 Å². The van der Waals surface area contributed by atoms with Crippen molar-refractivity contribution in [2.24, 2.45) is 10.9 Å². The monoisotopic (exact) mass is 257 g/mol. The van der Waals surface area contributed by atoms with E-state index in [0.717, 1.165) is 6.07 Å². The van der Waals surface area contributed by atoms with E-state index >= 15 is 0 Å². The van der Waals surface area contributed by atoms with E-state index in [4.69, 9.17) is 21.2 Å². The zero-order valence-electron chi connectivity index (χ0n) is 9.67. The summed E-state index contributed by atoms with van der Waals surface area (Å²) < 4.78 is 13.6. The number of aliphatic hydroxyl groups is 2. The van der Waals surface area contributed by atoms with Crippen LogP contribution in [0.1, 0.15) is 11.1 Å². The van der Waals surface area contributed by atoms with Crippen molar-refractivity contribution in [1.82, 2.24) is 5.32 Å². The van der Waals surface area contributed by atoms with Crippen LogP contribution in [0.4, 0.5) is 4.39 Å². The van der Waals surface area contributed by atoms with Crippen LogP contribution in [-0.2, 0) is 6.54 Å². The van der Waals surface area contributed by atoms with Crippen LogP contribution in [-0.4, -0.2) is 40.5 Å². The molecule has 0 spiro atoms. The third kappa shape index (κ3) is 3.66. The number of nitrogens with zero attached hydrogens (tertiary/aromatic N) is 1. The smallest absolute Gasteiger partial charge is 0.170 e. The normalized spacial score (nSPS) is 12.1. The van der Waals surface area contributed by atoms with Crippen LogP contribution >= 0.6 is 0 Å². The first-order chi connectivity index (χ1) is 8.62. The molecule has 0 saturated heterocycles. The summed E-state index contributed by atoms with van der Waals surface area (Å²) in [6.07, 6.45) is 0.